The van der Waals surface area contributed by atoms with Crippen molar-refractivity contribution >= 4 is 32.1 Å². The van der Waals surface area contributed by atoms with Gasteiger partial charge in [-0.2, -0.15) is 0 Å². The monoisotopic (exact) mass is 237 g/mol. The Morgan fingerprint density at radius 3 is 2.93 bits per heavy atom. The summed E-state index contributed by atoms with van der Waals surface area (Å²) in [7, 11) is 0. The summed E-state index contributed by atoms with van der Waals surface area (Å²) in [6, 6.07) is 5.35. The number of hydrogen-bond acceptors (Lipinski definition) is 3. The van der Waals surface area contributed by atoms with Crippen molar-refractivity contribution in [3.8, 4) is 0 Å². The van der Waals surface area contributed by atoms with Crippen molar-refractivity contribution in [2.24, 2.45) is 0 Å². The van der Waals surface area contributed by atoms with Gasteiger partial charge in [-0.15, -0.1) is 22.7 Å². The molecule has 15 heavy (non-hydrogen) atoms. The predicted molar refractivity (Wildman–Crippen MR) is 68.8 cm³/mol. The highest BCUT2D eigenvalue weighted by Crippen LogP contribution is 2.30. The molecule has 0 spiro atoms. The average molecular weight is 237 g/mol. The third-order valence-corrected chi connectivity index (χ3v) is 5.20. The first-order valence-corrected chi connectivity index (χ1v) is 7.31. The van der Waals surface area contributed by atoms with Crippen LogP contribution in [0.2, 0.25) is 0 Å². The van der Waals surface area contributed by atoms with Gasteiger partial charge < -0.3 is 5.32 Å². The Morgan fingerprint density at radius 2 is 2.13 bits per heavy atom. The molecule has 1 saturated carbocycles. The lowest BCUT2D eigenvalue weighted by atomic mass is 10.2. The second kappa shape index (κ2) is 4.24. The first-order chi connectivity index (χ1) is 7.42. The Kier molecular flexibility index (Phi) is 2.77. The van der Waals surface area contributed by atoms with Crippen LogP contribution in [0.25, 0.3) is 9.40 Å². The Bertz CT molecular complexity index is 409. The fraction of sp³-hybridized carbons (Fsp3) is 0.500. The van der Waals surface area contributed by atoms with Crippen LogP contribution in [-0.4, -0.2) is 6.04 Å². The molecular formula is C12H15NS2. The van der Waals surface area contributed by atoms with Gasteiger partial charge in [0.15, 0.2) is 0 Å². The summed E-state index contributed by atoms with van der Waals surface area (Å²) in [4.78, 5) is 1.49. The molecule has 0 saturated heterocycles. The summed E-state index contributed by atoms with van der Waals surface area (Å²) in [6.07, 6.45) is 5.58. The Labute approximate surface area is 98.1 Å². The van der Waals surface area contributed by atoms with Gasteiger partial charge in [0.05, 0.1) is 0 Å². The van der Waals surface area contributed by atoms with Crippen LogP contribution < -0.4 is 5.32 Å². The van der Waals surface area contributed by atoms with Crippen molar-refractivity contribution in [1.29, 1.82) is 0 Å². The fourth-order valence-corrected chi connectivity index (χ4v) is 4.36. The minimum absolute atomic E-state index is 0.783. The minimum Gasteiger partial charge on any atom is -0.309 e. The number of rotatable bonds is 3. The van der Waals surface area contributed by atoms with Crippen LogP contribution in [0.5, 0.6) is 0 Å². The van der Waals surface area contributed by atoms with E-state index in [0.717, 1.165) is 12.6 Å². The summed E-state index contributed by atoms with van der Waals surface area (Å²) in [5, 5.41) is 5.84. The molecule has 1 fully saturated rings. The molecule has 0 amide bonds. The van der Waals surface area contributed by atoms with Crippen LogP contribution in [0.15, 0.2) is 17.5 Å². The Morgan fingerprint density at radius 1 is 1.27 bits per heavy atom. The molecule has 0 radical (unpaired) electrons. The van der Waals surface area contributed by atoms with E-state index in [4.69, 9.17) is 0 Å². The molecule has 2 aromatic rings. The number of nitrogens with one attached hydrogen (secondary N) is 1. The SMILES string of the molecule is c1cc2sc(CNC3CCCC3)cc2s1. The average Bonchev–Trinajstić information content (AvgIpc) is 2.91. The molecule has 80 valence electrons. The van der Waals surface area contributed by atoms with Gasteiger partial charge in [0, 0.05) is 26.9 Å². The van der Waals surface area contributed by atoms with Crippen molar-refractivity contribution in [2.75, 3.05) is 0 Å². The number of fused-ring (bicyclic) bond motifs is 1. The van der Waals surface area contributed by atoms with Crippen LogP contribution in [0.1, 0.15) is 30.6 Å². The van der Waals surface area contributed by atoms with Gasteiger partial charge in [-0.3, -0.25) is 0 Å². The van der Waals surface area contributed by atoms with Gasteiger partial charge in [-0.1, -0.05) is 12.8 Å². The molecule has 2 heterocycles. The van der Waals surface area contributed by atoms with Crippen LogP contribution in [0.3, 0.4) is 0 Å². The molecule has 3 heteroatoms. The van der Waals surface area contributed by atoms with E-state index in [1.807, 2.05) is 22.7 Å². The molecule has 0 atom stereocenters. The second-order valence-corrected chi connectivity index (χ2v) is 6.34. The third-order valence-electron chi connectivity index (χ3n) is 3.11. The lowest BCUT2D eigenvalue weighted by molar-refractivity contribution is 0.527. The maximum absolute atomic E-state index is 3.66. The highest BCUT2D eigenvalue weighted by atomic mass is 32.1. The first kappa shape index (κ1) is 9.82. The van der Waals surface area contributed by atoms with E-state index >= 15 is 0 Å². The summed E-state index contributed by atoms with van der Waals surface area (Å²) >= 11 is 3.78. The van der Waals surface area contributed by atoms with Gasteiger partial charge in [0.25, 0.3) is 0 Å². The molecule has 0 aliphatic heterocycles. The van der Waals surface area contributed by atoms with E-state index in [2.05, 4.69) is 22.8 Å². The van der Waals surface area contributed by atoms with Crippen molar-refractivity contribution in [1.82, 2.24) is 5.32 Å². The molecule has 1 aliphatic carbocycles. The predicted octanol–water partition coefficient (Wildman–Crippen LogP) is 4.00. The van der Waals surface area contributed by atoms with E-state index in [9.17, 15) is 0 Å². The zero-order valence-corrected chi connectivity index (χ0v) is 10.3. The number of hydrogen-bond donors (Lipinski definition) is 1. The first-order valence-electron chi connectivity index (χ1n) is 5.61. The third kappa shape index (κ3) is 2.10. The van der Waals surface area contributed by atoms with E-state index < -0.39 is 0 Å². The van der Waals surface area contributed by atoms with E-state index in [0.29, 0.717) is 0 Å². The van der Waals surface area contributed by atoms with Gasteiger partial charge in [0.2, 0.25) is 0 Å². The molecule has 2 aromatic heterocycles. The van der Waals surface area contributed by atoms with Crippen molar-refractivity contribution in [3.05, 3.63) is 22.4 Å². The van der Waals surface area contributed by atoms with Crippen LogP contribution in [0.4, 0.5) is 0 Å². The molecule has 1 N–H and O–H groups in total. The highest BCUT2D eigenvalue weighted by Gasteiger charge is 2.14. The lowest BCUT2D eigenvalue weighted by Gasteiger charge is -2.09. The summed E-state index contributed by atoms with van der Waals surface area (Å²) in [5.41, 5.74) is 0. The highest BCUT2D eigenvalue weighted by molar-refractivity contribution is 7.26. The smallest absolute Gasteiger partial charge is 0.0453 e. The van der Waals surface area contributed by atoms with E-state index in [-0.39, 0.29) is 0 Å². The molecular weight excluding hydrogens is 222 g/mol. The molecule has 0 aromatic carbocycles. The minimum atomic E-state index is 0.783. The normalized spacial score (nSPS) is 17.9. The summed E-state index contributed by atoms with van der Waals surface area (Å²) in [5.74, 6) is 0. The van der Waals surface area contributed by atoms with E-state index in [1.54, 1.807) is 0 Å². The lowest BCUT2D eigenvalue weighted by Crippen LogP contribution is -2.24. The quantitative estimate of drug-likeness (QED) is 0.851. The van der Waals surface area contributed by atoms with Crippen molar-refractivity contribution in [2.45, 2.75) is 38.3 Å². The van der Waals surface area contributed by atoms with Gasteiger partial charge >= 0.3 is 0 Å². The standard InChI is InChI=1S/C12H15NS2/c1-2-4-9(3-1)13-8-10-7-12-11(15-10)5-6-14-12/h5-7,9,13H,1-4,8H2. The Balaban J connectivity index is 1.64. The largest absolute Gasteiger partial charge is 0.309 e. The van der Waals surface area contributed by atoms with Crippen molar-refractivity contribution in [3.63, 3.8) is 0 Å². The fourth-order valence-electron chi connectivity index (χ4n) is 2.28. The molecule has 1 nitrogen and oxygen atoms in total. The van der Waals surface area contributed by atoms with E-state index in [1.165, 1.54) is 40.0 Å². The molecule has 3 rings (SSSR count). The van der Waals surface area contributed by atoms with Crippen LogP contribution >= 0.6 is 22.7 Å². The maximum atomic E-state index is 3.66. The van der Waals surface area contributed by atoms with Crippen LogP contribution in [0, 0.1) is 0 Å². The van der Waals surface area contributed by atoms with Gasteiger partial charge in [-0.25, -0.2) is 0 Å². The summed E-state index contributed by atoms with van der Waals surface area (Å²) < 4.78 is 2.89. The Hall–Kier alpha value is -0.380. The zero-order valence-electron chi connectivity index (χ0n) is 8.66. The molecule has 0 bridgehead atoms. The maximum Gasteiger partial charge on any atom is 0.0453 e. The van der Waals surface area contributed by atoms with Gasteiger partial charge in [0.1, 0.15) is 0 Å². The molecule has 0 unspecified atom stereocenters. The zero-order chi connectivity index (χ0) is 10.1. The number of thiophene rings is 2. The summed E-state index contributed by atoms with van der Waals surface area (Å²) in [6.45, 7) is 1.07. The van der Waals surface area contributed by atoms with Crippen molar-refractivity contribution < 1.29 is 0 Å². The molecule has 1 aliphatic rings. The van der Waals surface area contributed by atoms with Gasteiger partial charge in [-0.05, 0) is 30.4 Å². The van der Waals surface area contributed by atoms with Crippen LogP contribution in [-0.2, 0) is 6.54 Å². The topological polar surface area (TPSA) is 12.0 Å². The second-order valence-electron chi connectivity index (χ2n) is 4.22.